The highest BCUT2D eigenvalue weighted by atomic mass is 32.2. The third-order valence-electron chi connectivity index (χ3n) is 3.89. The number of nitrogens with zero attached hydrogens (tertiary/aromatic N) is 2. The Bertz CT molecular complexity index is 910. The van der Waals surface area contributed by atoms with Gasteiger partial charge in [0, 0.05) is 32.0 Å². The molecule has 0 saturated heterocycles. The van der Waals surface area contributed by atoms with Gasteiger partial charge in [-0.3, -0.25) is 13.9 Å². The summed E-state index contributed by atoms with van der Waals surface area (Å²) in [5, 5.41) is 2.72. The van der Waals surface area contributed by atoms with Gasteiger partial charge in [0.25, 0.3) is 5.91 Å². The van der Waals surface area contributed by atoms with Crippen LogP contribution in [0.15, 0.2) is 47.1 Å². The van der Waals surface area contributed by atoms with E-state index < -0.39 is 15.9 Å². The molecule has 0 aliphatic carbocycles. The minimum Gasteiger partial charge on any atom is -0.468 e. The van der Waals surface area contributed by atoms with Gasteiger partial charge in [0.2, 0.25) is 15.9 Å². The Hall–Kier alpha value is -2.46. The first kappa shape index (κ1) is 22.8. The third kappa shape index (κ3) is 7.13. The predicted octanol–water partition coefficient (Wildman–Crippen LogP) is 1.80. The van der Waals surface area contributed by atoms with E-state index in [0.717, 1.165) is 16.3 Å². The zero-order valence-electron chi connectivity index (χ0n) is 16.6. The van der Waals surface area contributed by atoms with Crippen LogP contribution in [0.4, 0.5) is 5.69 Å². The van der Waals surface area contributed by atoms with Crippen molar-refractivity contribution >= 4 is 39.3 Å². The molecular weight excluding hydrogens is 414 g/mol. The first-order valence-electron chi connectivity index (χ1n) is 8.84. The molecule has 0 aliphatic rings. The van der Waals surface area contributed by atoms with Gasteiger partial charge in [-0.1, -0.05) is 0 Å². The van der Waals surface area contributed by atoms with E-state index in [1.165, 1.54) is 17.0 Å². The number of amides is 2. The summed E-state index contributed by atoms with van der Waals surface area (Å²) in [5.74, 6) is 1.65. The average molecular weight is 440 g/mol. The summed E-state index contributed by atoms with van der Waals surface area (Å²) in [4.78, 5) is 25.6. The van der Waals surface area contributed by atoms with Crippen LogP contribution < -0.4 is 9.62 Å². The van der Waals surface area contributed by atoms with Crippen molar-refractivity contribution in [2.24, 2.45) is 0 Å². The standard InChI is InChI=1S/C19H25N3O5S2/c1-21(2)19(24)15-6-8-16(9-7-15)22(29(3,25)26)13-18(23)20-10-12-28-14-17-5-4-11-27-17/h4-9,11H,10,12-14H2,1-3H3,(H,20,23). The molecule has 1 aromatic carbocycles. The zero-order chi connectivity index (χ0) is 21.4. The molecule has 2 aromatic rings. The lowest BCUT2D eigenvalue weighted by molar-refractivity contribution is -0.119. The second kappa shape index (κ2) is 10.4. The molecule has 0 saturated carbocycles. The van der Waals surface area contributed by atoms with Gasteiger partial charge in [-0.15, -0.1) is 0 Å². The van der Waals surface area contributed by atoms with Gasteiger partial charge in [0.1, 0.15) is 12.3 Å². The summed E-state index contributed by atoms with van der Waals surface area (Å²) in [6, 6.07) is 9.82. The zero-order valence-corrected chi connectivity index (χ0v) is 18.3. The Balaban J connectivity index is 1.91. The maximum Gasteiger partial charge on any atom is 0.253 e. The minimum absolute atomic E-state index is 0.188. The van der Waals surface area contributed by atoms with Crippen molar-refractivity contribution < 1.29 is 22.4 Å². The molecule has 158 valence electrons. The SMILES string of the molecule is CN(C)C(=O)c1ccc(N(CC(=O)NCCSCc2ccco2)S(C)(=O)=O)cc1. The fourth-order valence-electron chi connectivity index (χ4n) is 2.44. The van der Waals surface area contributed by atoms with Crippen LogP contribution in [-0.2, 0) is 20.6 Å². The van der Waals surface area contributed by atoms with E-state index in [1.807, 2.05) is 12.1 Å². The van der Waals surface area contributed by atoms with E-state index in [1.54, 1.807) is 44.3 Å². The molecule has 0 aliphatic heterocycles. The van der Waals surface area contributed by atoms with E-state index in [-0.39, 0.29) is 12.5 Å². The molecule has 29 heavy (non-hydrogen) atoms. The number of carbonyl (C=O) groups is 2. The van der Waals surface area contributed by atoms with Gasteiger partial charge >= 0.3 is 0 Å². The van der Waals surface area contributed by atoms with Crippen molar-refractivity contribution in [3.05, 3.63) is 54.0 Å². The number of sulfonamides is 1. The number of hydrogen-bond donors (Lipinski definition) is 1. The lowest BCUT2D eigenvalue weighted by Gasteiger charge is -2.22. The number of anilines is 1. The summed E-state index contributed by atoms with van der Waals surface area (Å²) in [5.41, 5.74) is 0.760. The number of carbonyl (C=O) groups excluding carboxylic acids is 2. The van der Waals surface area contributed by atoms with E-state index in [2.05, 4.69) is 5.32 Å². The number of thioether (sulfide) groups is 1. The topological polar surface area (TPSA) is 99.9 Å². The van der Waals surface area contributed by atoms with Gasteiger partial charge in [-0.05, 0) is 36.4 Å². The number of rotatable bonds is 10. The Morgan fingerprint density at radius 1 is 1.14 bits per heavy atom. The highest BCUT2D eigenvalue weighted by Gasteiger charge is 2.21. The number of furan rings is 1. The van der Waals surface area contributed by atoms with Crippen LogP contribution in [0.1, 0.15) is 16.1 Å². The Morgan fingerprint density at radius 2 is 1.83 bits per heavy atom. The lowest BCUT2D eigenvalue weighted by Crippen LogP contribution is -2.41. The molecule has 10 heteroatoms. The lowest BCUT2D eigenvalue weighted by atomic mass is 10.2. The molecule has 8 nitrogen and oxygen atoms in total. The molecular formula is C19H25N3O5S2. The van der Waals surface area contributed by atoms with Crippen LogP contribution in [0.5, 0.6) is 0 Å². The number of benzene rings is 1. The Kier molecular flexibility index (Phi) is 8.15. The van der Waals surface area contributed by atoms with Crippen LogP contribution in [0.25, 0.3) is 0 Å². The van der Waals surface area contributed by atoms with Crippen LogP contribution >= 0.6 is 11.8 Å². The number of hydrogen-bond acceptors (Lipinski definition) is 6. The molecule has 2 amide bonds. The highest BCUT2D eigenvalue weighted by molar-refractivity contribution is 7.98. The monoisotopic (exact) mass is 439 g/mol. The summed E-state index contributed by atoms with van der Waals surface area (Å²) in [6.45, 7) is 0.0841. The molecule has 1 heterocycles. The van der Waals surface area contributed by atoms with Crippen LogP contribution in [-0.4, -0.2) is 64.3 Å². The molecule has 2 rings (SSSR count). The minimum atomic E-state index is -3.67. The molecule has 0 unspecified atom stereocenters. The van der Waals surface area contributed by atoms with Gasteiger partial charge in [0.05, 0.1) is 24.0 Å². The molecule has 0 atom stereocenters. The largest absolute Gasteiger partial charge is 0.468 e. The van der Waals surface area contributed by atoms with Crippen molar-refractivity contribution in [1.29, 1.82) is 0 Å². The summed E-state index contributed by atoms with van der Waals surface area (Å²) < 4.78 is 30.6. The Morgan fingerprint density at radius 3 is 2.38 bits per heavy atom. The van der Waals surface area contributed by atoms with E-state index >= 15 is 0 Å². The second-order valence-corrected chi connectivity index (χ2v) is 9.51. The van der Waals surface area contributed by atoms with Gasteiger partial charge in [-0.2, -0.15) is 11.8 Å². The first-order chi connectivity index (χ1) is 13.7. The Labute approximate surface area is 175 Å². The van der Waals surface area contributed by atoms with Crippen LogP contribution in [0.2, 0.25) is 0 Å². The van der Waals surface area contributed by atoms with Crippen molar-refractivity contribution in [1.82, 2.24) is 10.2 Å². The van der Waals surface area contributed by atoms with E-state index in [4.69, 9.17) is 4.42 Å². The third-order valence-corrected chi connectivity index (χ3v) is 6.01. The summed E-state index contributed by atoms with van der Waals surface area (Å²) in [7, 11) is -0.397. The molecule has 0 radical (unpaired) electrons. The second-order valence-electron chi connectivity index (χ2n) is 6.50. The maximum atomic E-state index is 12.2. The van der Waals surface area contributed by atoms with Crippen LogP contribution in [0, 0.1) is 0 Å². The first-order valence-corrected chi connectivity index (χ1v) is 11.8. The maximum absolute atomic E-state index is 12.2. The quantitative estimate of drug-likeness (QED) is 0.567. The van der Waals surface area contributed by atoms with Crippen molar-refractivity contribution in [3.63, 3.8) is 0 Å². The van der Waals surface area contributed by atoms with Gasteiger partial charge in [0.15, 0.2) is 0 Å². The number of nitrogens with one attached hydrogen (secondary N) is 1. The molecule has 1 aromatic heterocycles. The van der Waals surface area contributed by atoms with Gasteiger partial charge in [-0.25, -0.2) is 8.42 Å². The summed E-state index contributed by atoms with van der Waals surface area (Å²) in [6.07, 6.45) is 2.65. The molecule has 1 N–H and O–H groups in total. The summed E-state index contributed by atoms with van der Waals surface area (Å²) >= 11 is 1.60. The average Bonchev–Trinajstić information content (AvgIpc) is 3.18. The fraction of sp³-hybridized carbons (Fsp3) is 0.368. The van der Waals surface area contributed by atoms with Crippen molar-refractivity contribution in [2.75, 3.05) is 43.5 Å². The molecule has 0 spiro atoms. The van der Waals surface area contributed by atoms with Crippen LogP contribution in [0.3, 0.4) is 0 Å². The molecule has 0 bridgehead atoms. The van der Waals surface area contributed by atoms with Crippen molar-refractivity contribution in [2.45, 2.75) is 5.75 Å². The fourth-order valence-corrected chi connectivity index (χ4v) is 4.06. The van der Waals surface area contributed by atoms with Crippen molar-refractivity contribution in [3.8, 4) is 0 Å². The van der Waals surface area contributed by atoms with Gasteiger partial charge < -0.3 is 14.6 Å². The highest BCUT2D eigenvalue weighted by Crippen LogP contribution is 2.19. The smallest absolute Gasteiger partial charge is 0.253 e. The molecule has 0 fully saturated rings. The predicted molar refractivity (Wildman–Crippen MR) is 115 cm³/mol. The van der Waals surface area contributed by atoms with E-state index in [9.17, 15) is 18.0 Å². The van der Waals surface area contributed by atoms with E-state index in [0.29, 0.717) is 29.3 Å². The normalized spacial score (nSPS) is 11.1.